The van der Waals surface area contributed by atoms with Gasteiger partial charge in [-0.15, -0.1) is 0 Å². The number of hydrogen-bond acceptors (Lipinski definition) is 3. The minimum atomic E-state index is -0.593. The summed E-state index contributed by atoms with van der Waals surface area (Å²) < 4.78 is 6.70. The second-order valence-corrected chi connectivity index (χ2v) is 8.03. The van der Waals surface area contributed by atoms with Crippen molar-refractivity contribution in [2.75, 3.05) is 13.2 Å². The fraction of sp³-hybridized carbons (Fsp3) is 0.391. The summed E-state index contributed by atoms with van der Waals surface area (Å²) in [5.41, 5.74) is 3.12. The van der Waals surface area contributed by atoms with Gasteiger partial charge in [0.1, 0.15) is 11.8 Å². The van der Waals surface area contributed by atoms with Gasteiger partial charge in [-0.05, 0) is 56.5 Å². The zero-order valence-corrected chi connectivity index (χ0v) is 19.1. The van der Waals surface area contributed by atoms with Crippen molar-refractivity contribution in [1.29, 1.82) is 0 Å². The molecule has 0 bridgehead atoms. The molecule has 1 unspecified atom stereocenters. The second kappa shape index (κ2) is 11.0. The topological polar surface area (TPSA) is 58.6 Å². The van der Waals surface area contributed by atoms with E-state index in [9.17, 15) is 9.59 Å². The third kappa shape index (κ3) is 6.89. The number of amides is 2. The van der Waals surface area contributed by atoms with Crippen LogP contribution in [0.1, 0.15) is 37.0 Å². The van der Waals surface area contributed by atoms with Crippen LogP contribution < -0.4 is 10.1 Å². The lowest BCUT2D eigenvalue weighted by Crippen LogP contribution is -2.49. The van der Waals surface area contributed by atoms with Crippen LogP contribution in [0.3, 0.4) is 0 Å². The van der Waals surface area contributed by atoms with Gasteiger partial charge in [0.05, 0.1) is 0 Å². The lowest BCUT2D eigenvalue weighted by molar-refractivity contribution is -0.142. The highest BCUT2D eigenvalue weighted by Crippen LogP contribution is 2.22. The van der Waals surface area contributed by atoms with Crippen molar-refractivity contribution < 1.29 is 14.3 Å². The number of nitrogens with zero attached hydrogens (tertiary/aromatic N) is 1. The summed E-state index contributed by atoms with van der Waals surface area (Å²) in [6.45, 7) is 8.53. The van der Waals surface area contributed by atoms with Gasteiger partial charge in [-0.1, -0.05) is 52.7 Å². The van der Waals surface area contributed by atoms with Crippen molar-refractivity contribution in [3.8, 4) is 5.75 Å². The molecule has 0 saturated heterocycles. The van der Waals surface area contributed by atoms with Crippen LogP contribution in [0.5, 0.6) is 5.75 Å². The number of aryl methyl sites for hydroxylation is 2. The SMILES string of the molecule is CCCNC(=O)C(C)N(Cc1cccc(C)c1)C(=O)COc1ccc(Br)c(C)c1. The average molecular weight is 461 g/mol. The Labute approximate surface area is 181 Å². The Morgan fingerprint density at radius 3 is 2.59 bits per heavy atom. The quantitative estimate of drug-likeness (QED) is 0.603. The van der Waals surface area contributed by atoms with Crippen LogP contribution in [0, 0.1) is 13.8 Å². The third-order valence-corrected chi connectivity index (χ3v) is 5.53. The van der Waals surface area contributed by atoms with Gasteiger partial charge in [-0.2, -0.15) is 0 Å². The zero-order chi connectivity index (χ0) is 21.4. The Morgan fingerprint density at radius 2 is 1.93 bits per heavy atom. The number of carbonyl (C=O) groups is 2. The molecule has 29 heavy (non-hydrogen) atoms. The van der Waals surface area contributed by atoms with Gasteiger partial charge >= 0.3 is 0 Å². The number of hydrogen-bond donors (Lipinski definition) is 1. The van der Waals surface area contributed by atoms with Crippen LogP contribution in [0.2, 0.25) is 0 Å². The molecule has 0 fully saturated rings. The first-order valence-electron chi connectivity index (χ1n) is 9.83. The van der Waals surface area contributed by atoms with E-state index in [0.29, 0.717) is 18.8 Å². The Morgan fingerprint density at radius 1 is 1.17 bits per heavy atom. The molecule has 6 heteroatoms. The average Bonchev–Trinajstić information content (AvgIpc) is 2.70. The van der Waals surface area contributed by atoms with Gasteiger partial charge in [0, 0.05) is 17.6 Å². The molecule has 0 radical (unpaired) electrons. The highest BCUT2D eigenvalue weighted by molar-refractivity contribution is 9.10. The number of benzene rings is 2. The Kier molecular flexibility index (Phi) is 8.70. The molecule has 0 aromatic heterocycles. The van der Waals surface area contributed by atoms with Crippen molar-refractivity contribution in [1.82, 2.24) is 10.2 Å². The molecule has 2 aromatic carbocycles. The van der Waals surface area contributed by atoms with Gasteiger partial charge in [0.2, 0.25) is 5.91 Å². The van der Waals surface area contributed by atoms with E-state index in [0.717, 1.165) is 27.6 Å². The normalized spacial score (nSPS) is 11.6. The first-order valence-corrected chi connectivity index (χ1v) is 10.6. The first-order chi connectivity index (χ1) is 13.8. The monoisotopic (exact) mass is 460 g/mol. The maximum atomic E-state index is 13.0. The first kappa shape index (κ1) is 22.9. The molecule has 2 rings (SSSR count). The van der Waals surface area contributed by atoms with Crippen molar-refractivity contribution in [3.63, 3.8) is 0 Å². The summed E-state index contributed by atoms with van der Waals surface area (Å²) >= 11 is 3.46. The summed E-state index contributed by atoms with van der Waals surface area (Å²) in [4.78, 5) is 27.1. The van der Waals surface area contributed by atoms with Gasteiger partial charge in [0.15, 0.2) is 6.61 Å². The minimum absolute atomic E-state index is 0.127. The van der Waals surface area contributed by atoms with E-state index in [4.69, 9.17) is 4.74 Å². The summed E-state index contributed by atoms with van der Waals surface area (Å²) in [6, 6.07) is 12.9. The van der Waals surface area contributed by atoms with Crippen LogP contribution >= 0.6 is 15.9 Å². The minimum Gasteiger partial charge on any atom is -0.484 e. The molecule has 0 aliphatic rings. The molecular weight excluding hydrogens is 432 g/mol. The summed E-state index contributed by atoms with van der Waals surface area (Å²) in [7, 11) is 0. The van der Waals surface area contributed by atoms with E-state index < -0.39 is 6.04 Å². The van der Waals surface area contributed by atoms with Gasteiger partial charge in [0.25, 0.3) is 5.91 Å². The summed E-state index contributed by atoms with van der Waals surface area (Å²) in [5.74, 6) is 0.233. The van der Waals surface area contributed by atoms with Crippen LogP contribution in [0.15, 0.2) is 46.9 Å². The predicted molar refractivity (Wildman–Crippen MR) is 119 cm³/mol. The van der Waals surface area contributed by atoms with E-state index >= 15 is 0 Å². The lowest BCUT2D eigenvalue weighted by Gasteiger charge is -2.29. The standard InChI is InChI=1S/C23H29BrN2O3/c1-5-11-25-23(28)18(4)26(14-19-8-6-7-16(2)12-19)22(27)15-29-20-9-10-21(24)17(3)13-20/h6-10,12-13,18H,5,11,14-15H2,1-4H3,(H,25,28). The number of rotatable bonds is 9. The Bertz CT molecular complexity index is 854. The molecule has 1 N–H and O–H groups in total. The van der Waals surface area contributed by atoms with Crippen molar-refractivity contribution in [2.45, 2.75) is 46.7 Å². The van der Waals surface area contributed by atoms with Crippen molar-refractivity contribution in [3.05, 3.63) is 63.6 Å². The number of halogens is 1. The molecule has 5 nitrogen and oxygen atoms in total. The van der Waals surface area contributed by atoms with Crippen LogP contribution in [-0.2, 0) is 16.1 Å². The number of nitrogens with one attached hydrogen (secondary N) is 1. The summed E-state index contributed by atoms with van der Waals surface area (Å²) in [5, 5.41) is 2.87. The second-order valence-electron chi connectivity index (χ2n) is 7.18. The Hall–Kier alpha value is -2.34. The largest absolute Gasteiger partial charge is 0.484 e. The van der Waals surface area contributed by atoms with Crippen molar-refractivity contribution >= 4 is 27.7 Å². The maximum Gasteiger partial charge on any atom is 0.261 e. The molecule has 1 atom stereocenters. The zero-order valence-electron chi connectivity index (χ0n) is 17.5. The fourth-order valence-electron chi connectivity index (χ4n) is 2.92. The molecule has 0 spiro atoms. The Balaban J connectivity index is 2.14. The van der Waals surface area contributed by atoms with Crippen LogP contribution in [0.25, 0.3) is 0 Å². The molecule has 0 aliphatic carbocycles. The van der Waals surface area contributed by atoms with Crippen LogP contribution in [0.4, 0.5) is 0 Å². The highest BCUT2D eigenvalue weighted by atomic mass is 79.9. The number of carbonyl (C=O) groups excluding carboxylic acids is 2. The molecular formula is C23H29BrN2O3. The molecule has 2 amide bonds. The lowest BCUT2D eigenvalue weighted by atomic mass is 10.1. The summed E-state index contributed by atoms with van der Waals surface area (Å²) in [6.07, 6.45) is 0.844. The predicted octanol–water partition coefficient (Wildman–Crippen LogP) is 4.39. The van der Waals surface area contributed by atoms with Crippen LogP contribution in [-0.4, -0.2) is 35.9 Å². The highest BCUT2D eigenvalue weighted by Gasteiger charge is 2.26. The molecule has 156 valence electrons. The molecule has 0 heterocycles. The fourth-order valence-corrected chi connectivity index (χ4v) is 3.17. The van der Waals surface area contributed by atoms with Crippen molar-refractivity contribution in [2.24, 2.45) is 0 Å². The number of ether oxygens (including phenoxy) is 1. The van der Waals surface area contributed by atoms with Gasteiger partial charge in [-0.3, -0.25) is 9.59 Å². The van der Waals surface area contributed by atoms with E-state index in [1.54, 1.807) is 11.8 Å². The molecule has 0 aliphatic heterocycles. The van der Waals surface area contributed by atoms with E-state index in [2.05, 4.69) is 21.2 Å². The van der Waals surface area contributed by atoms with Gasteiger partial charge in [-0.25, -0.2) is 0 Å². The van der Waals surface area contributed by atoms with E-state index in [-0.39, 0.29) is 18.4 Å². The maximum absolute atomic E-state index is 13.0. The smallest absolute Gasteiger partial charge is 0.261 e. The van der Waals surface area contributed by atoms with E-state index in [1.165, 1.54) is 0 Å². The molecule has 2 aromatic rings. The van der Waals surface area contributed by atoms with E-state index in [1.807, 2.05) is 63.2 Å². The molecule has 0 saturated carbocycles. The third-order valence-electron chi connectivity index (χ3n) is 4.64. The van der Waals surface area contributed by atoms with Gasteiger partial charge < -0.3 is 15.0 Å².